The molecule has 0 saturated carbocycles. The number of fused-ring (bicyclic) bond motifs is 1. The fraction of sp³-hybridized carbons (Fsp3) is 0.185. The van der Waals surface area contributed by atoms with Crippen LogP contribution in [0.25, 0.3) is 11.3 Å². The first-order valence-corrected chi connectivity index (χ1v) is 11.2. The lowest BCUT2D eigenvalue weighted by molar-refractivity contribution is -0.110. The molecule has 3 aromatic rings. The van der Waals surface area contributed by atoms with Gasteiger partial charge in [-0.25, -0.2) is 4.79 Å². The third-order valence-electron chi connectivity index (χ3n) is 6.17. The number of carboxylic acid groups (broad SMARTS) is 1. The average molecular weight is 474 g/mol. The highest BCUT2D eigenvalue weighted by Gasteiger charge is 2.30. The summed E-state index contributed by atoms with van der Waals surface area (Å²) < 4.78 is 0. The summed E-state index contributed by atoms with van der Waals surface area (Å²) in [6.07, 6.45) is 0.629. The third-order valence-corrected chi connectivity index (χ3v) is 6.17. The van der Waals surface area contributed by atoms with E-state index in [1.54, 1.807) is 6.07 Å². The number of nitrogens with one attached hydrogen (secondary N) is 2. The zero-order chi connectivity index (χ0) is 25.0. The second kappa shape index (κ2) is 10.1. The van der Waals surface area contributed by atoms with Crippen molar-refractivity contribution in [3.63, 3.8) is 0 Å². The summed E-state index contributed by atoms with van der Waals surface area (Å²) in [5, 5.41) is 34.3. The van der Waals surface area contributed by atoms with E-state index in [9.17, 15) is 24.9 Å². The lowest BCUT2D eigenvalue weighted by Gasteiger charge is -2.29. The molecule has 0 radical (unpaired) electrons. The summed E-state index contributed by atoms with van der Waals surface area (Å²) in [6.45, 7) is -0.197. The third kappa shape index (κ3) is 4.95. The van der Waals surface area contributed by atoms with Crippen LogP contribution in [-0.4, -0.2) is 40.4 Å². The van der Waals surface area contributed by atoms with Crippen molar-refractivity contribution in [1.82, 2.24) is 0 Å². The van der Waals surface area contributed by atoms with Gasteiger partial charge in [0.15, 0.2) is 0 Å². The molecule has 0 saturated heterocycles. The van der Waals surface area contributed by atoms with Crippen molar-refractivity contribution in [1.29, 1.82) is 0 Å². The molecule has 3 aromatic carbocycles. The van der Waals surface area contributed by atoms with E-state index in [4.69, 9.17) is 5.73 Å². The second-order valence-electron chi connectivity index (χ2n) is 8.44. The van der Waals surface area contributed by atoms with E-state index in [-0.39, 0.29) is 24.7 Å². The summed E-state index contributed by atoms with van der Waals surface area (Å²) in [4.78, 5) is 24.4. The highest BCUT2D eigenvalue weighted by molar-refractivity contribution is 6.37. The van der Waals surface area contributed by atoms with Gasteiger partial charge in [0, 0.05) is 30.0 Å². The van der Waals surface area contributed by atoms with Crippen LogP contribution >= 0.6 is 0 Å². The van der Waals surface area contributed by atoms with Crippen molar-refractivity contribution in [3.05, 3.63) is 95.1 Å². The van der Waals surface area contributed by atoms with Gasteiger partial charge in [0.2, 0.25) is 0 Å². The Labute approximate surface area is 202 Å². The van der Waals surface area contributed by atoms with E-state index in [0.29, 0.717) is 41.1 Å². The molecule has 4 rings (SSSR count). The Kier molecular flexibility index (Phi) is 6.97. The number of nitrogens with two attached hydrogens (primary N) is 1. The Morgan fingerprint density at radius 3 is 2.17 bits per heavy atom. The van der Waals surface area contributed by atoms with Gasteiger partial charge in [-0.3, -0.25) is 4.79 Å². The first-order valence-electron chi connectivity index (χ1n) is 11.2. The molecular formula is C27H27N3O5. The summed E-state index contributed by atoms with van der Waals surface area (Å²) in [5.74, 6) is -1.41. The smallest absolute Gasteiger partial charge is 0.335 e. The van der Waals surface area contributed by atoms with Crippen LogP contribution < -0.4 is 16.4 Å². The van der Waals surface area contributed by atoms with Crippen LogP contribution in [0.4, 0.5) is 11.4 Å². The van der Waals surface area contributed by atoms with Gasteiger partial charge in [-0.15, -0.1) is 0 Å². The summed E-state index contributed by atoms with van der Waals surface area (Å²) in [6, 6.07) is 21.3. The summed E-state index contributed by atoms with van der Waals surface area (Å²) in [5.41, 5.74) is 9.97. The molecule has 8 heteroatoms. The molecule has 1 heterocycles. The number of rotatable bonds is 9. The average Bonchev–Trinajstić information content (AvgIpc) is 3.18. The second-order valence-corrected chi connectivity index (χ2v) is 8.44. The number of benzene rings is 3. The van der Waals surface area contributed by atoms with E-state index in [1.165, 1.54) is 12.1 Å². The van der Waals surface area contributed by atoms with Gasteiger partial charge >= 0.3 is 5.97 Å². The summed E-state index contributed by atoms with van der Waals surface area (Å²) in [7, 11) is 0. The molecular weight excluding hydrogens is 446 g/mol. The van der Waals surface area contributed by atoms with Crippen molar-refractivity contribution < 1.29 is 24.9 Å². The fourth-order valence-corrected chi connectivity index (χ4v) is 4.28. The molecule has 1 amide bonds. The Balaban J connectivity index is 1.76. The van der Waals surface area contributed by atoms with Gasteiger partial charge in [-0.05, 0) is 48.2 Å². The standard InChI is InChI=1S/C27H27N3O5/c28-27(12-14-31,13-15-32)19-7-9-20(10-8-19)29-24(17-4-2-1-3-5-17)23-21-11-6-18(26(34)35)16-22(21)30-25(23)33/h1-11,16,29,31-32H,12-15,28H2,(H,30,33)(H,34,35). The molecule has 0 atom stereocenters. The molecule has 0 aromatic heterocycles. The van der Waals surface area contributed by atoms with E-state index in [2.05, 4.69) is 10.6 Å². The molecule has 1 aliphatic rings. The number of aliphatic hydroxyl groups excluding tert-OH is 2. The van der Waals surface area contributed by atoms with Crippen LogP contribution in [0.3, 0.4) is 0 Å². The van der Waals surface area contributed by atoms with Gasteiger partial charge < -0.3 is 31.7 Å². The number of hydrogen-bond donors (Lipinski definition) is 6. The van der Waals surface area contributed by atoms with Gasteiger partial charge in [-0.1, -0.05) is 48.5 Å². The van der Waals surface area contributed by atoms with Crippen molar-refractivity contribution in [3.8, 4) is 0 Å². The topological polar surface area (TPSA) is 145 Å². The van der Waals surface area contributed by atoms with Crippen molar-refractivity contribution in [2.75, 3.05) is 23.8 Å². The maximum Gasteiger partial charge on any atom is 0.335 e. The van der Waals surface area contributed by atoms with Crippen molar-refractivity contribution in [2.45, 2.75) is 18.4 Å². The number of hydrogen-bond acceptors (Lipinski definition) is 6. The number of aliphatic hydroxyl groups is 2. The number of carbonyl (C=O) groups excluding carboxylic acids is 1. The molecule has 0 fully saturated rings. The van der Waals surface area contributed by atoms with Crippen LogP contribution in [0.2, 0.25) is 0 Å². The number of carbonyl (C=O) groups is 2. The first kappa shape index (κ1) is 24.2. The normalized spacial score (nSPS) is 14.3. The molecule has 0 aliphatic carbocycles. The lowest BCUT2D eigenvalue weighted by Crippen LogP contribution is -2.38. The Hall–Kier alpha value is -3.98. The van der Waals surface area contributed by atoms with E-state index >= 15 is 0 Å². The maximum atomic E-state index is 13.0. The molecule has 8 nitrogen and oxygen atoms in total. The highest BCUT2D eigenvalue weighted by atomic mass is 16.4. The van der Waals surface area contributed by atoms with Gasteiger partial charge in [0.05, 0.1) is 22.5 Å². The Morgan fingerprint density at radius 2 is 1.57 bits per heavy atom. The predicted octanol–water partition coefficient (Wildman–Crippen LogP) is 3.24. The van der Waals surface area contributed by atoms with E-state index < -0.39 is 11.5 Å². The quantitative estimate of drug-likeness (QED) is 0.262. The minimum atomic E-state index is -1.07. The van der Waals surface area contributed by atoms with Gasteiger partial charge in [-0.2, -0.15) is 0 Å². The van der Waals surface area contributed by atoms with Crippen LogP contribution in [0.1, 0.15) is 39.9 Å². The number of anilines is 2. The minimum absolute atomic E-state index is 0.0890. The zero-order valence-electron chi connectivity index (χ0n) is 19.0. The number of carboxylic acids is 1. The number of aromatic carboxylic acids is 1. The highest BCUT2D eigenvalue weighted by Crippen LogP contribution is 2.38. The SMILES string of the molecule is NC(CCO)(CCO)c1ccc(NC(=C2C(=O)Nc3cc(C(=O)O)ccc32)c2ccccc2)cc1. The largest absolute Gasteiger partial charge is 0.478 e. The predicted molar refractivity (Wildman–Crippen MR) is 135 cm³/mol. The monoisotopic (exact) mass is 473 g/mol. The van der Waals surface area contributed by atoms with Crippen LogP contribution in [0.5, 0.6) is 0 Å². The molecule has 0 spiro atoms. The fourth-order valence-electron chi connectivity index (χ4n) is 4.28. The van der Waals surface area contributed by atoms with E-state index in [0.717, 1.165) is 11.1 Å². The van der Waals surface area contributed by atoms with Crippen LogP contribution in [0, 0.1) is 0 Å². The van der Waals surface area contributed by atoms with E-state index in [1.807, 2.05) is 54.6 Å². The molecule has 0 unspecified atom stereocenters. The van der Waals surface area contributed by atoms with Gasteiger partial charge in [0.25, 0.3) is 5.91 Å². The Morgan fingerprint density at radius 1 is 0.914 bits per heavy atom. The Bertz CT molecular complexity index is 1260. The molecule has 180 valence electrons. The van der Waals surface area contributed by atoms with Crippen LogP contribution in [0.15, 0.2) is 72.8 Å². The van der Waals surface area contributed by atoms with Crippen molar-refractivity contribution >= 4 is 34.5 Å². The first-order chi connectivity index (χ1) is 16.9. The van der Waals surface area contributed by atoms with Gasteiger partial charge in [0.1, 0.15) is 0 Å². The maximum absolute atomic E-state index is 13.0. The van der Waals surface area contributed by atoms with Crippen LogP contribution in [-0.2, 0) is 10.3 Å². The molecule has 0 bridgehead atoms. The zero-order valence-corrected chi connectivity index (χ0v) is 19.0. The molecule has 35 heavy (non-hydrogen) atoms. The molecule has 7 N–H and O–H groups in total. The lowest BCUT2D eigenvalue weighted by atomic mass is 9.85. The minimum Gasteiger partial charge on any atom is -0.478 e. The number of amides is 1. The molecule has 1 aliphatic heterocycles. The summed E-state index contributed by atoms with van der Waals surface area (Å²) >= 11 is 0. The van der Waals surface area contributed by atoms with Crippen molar-refractivity contribution in [2.24, 2.45) is 5.73 Å².